The Balaban J connectivity index is 2.40. The molecule has 2 atom stereocenters. The van der Waals surface area contributed by atoms with E-state index in [0.29, 0.717) is 6.04 Å². The molecule has 2 nitrogen and oxygen atoms in total. The molecular formula is C12H18BrNO. The predicted octanol–water partition coefficient (Wildman–Crippen LogP) is 2.87. The number of hydrogen-bond donors (Lipinski definition) is 2. The molecule has 0 bridgehead atoms. The number of rotatable bonds is 5. The van der Waals surface area contributed by atoms with Gasteiger partial charge in [-0.15, -0.1) is 0 Å². The summed E-state index contributed by atoms with van der Waals surface area (Å²) in [5, 5.41) is 12.5. The fourth-order valence-corrected chi connectivity index (χ4v) is 1.64. The van der Waals surface area contributed by atoms with Crippen molar-refractivity contribution in [2.45, 2.75) is 32.4 Å². The van der Waals surface area contributed by atoms with Gasteiger partial charge < -0.3 is 10.4 Å². The van der Waals surface area contributed by atoms with Crippen molar-refractivity contribution in [2.75, 3.05) is 6.54 Å². The minimum absolute atomic E-state index is 0.227. The molecule has 0 spiro atoms. The third-order valence-corrected chi connectivity index (χ3v) is 2.91. The third kappa shape index (κ3) is 4.78. The molecule has 15 heavy (non-hydrogen) atoms. The second-order valence-corrected chi connectivity index (χ2v) is 4.78. The smallest absolute Gasteiger partial charge is 0.0524 e. The lowest BCUT2D eigenvalue weighted by Gasteiger charge is -2.14. The van der Waals surface area contributed by atoms with Crippen LogP contribution in [0.1, 0.15) is 31.9 Å². The Morgan fingerprint density at radius 1 is 1.27 bits per heavy atom. The fraction of sp³-hybridized carbons (Fsp3) is 0.500. The van der Waals surface area contributed by atoms with E-state index in [1.807, 2.05) is 19.1 Å². The normalized spacial score (nSPS) is 14.9. The maximum absolute atomic E-state index is 9.13. The molecule has 0 aliphatic heterocycles. The largest absolute Gasteiger partial charge is 0.393 e. The molecule has 84 valence electrons. The van der Waals surface area contributed by atoms with Crippen LogP contribution < -0.4 is 5.32 Å². The van der Waals surface area contributed by atoms with E-state index in [0.717, 1.165) is 17.4 Å². The Morgan fingerprint density at radius 2 is 1.87 bits per heavy atom. The van der Waals surface area contributed by atoms with Crippen LogP contribution in [0.25, 0.3) is 0 Å². The first-order valence-corrected chi connectivity index (χ1v) is 6.06. The highest BCUT2D eigenvalue weighted by molar-refractivity contribution is 9.10. The highest BCUT2D eigenvalue weighted by atomic mass is 79.9. The van der Waals surface area contributed by atoms with Gasteiger partial charge in [-0.25, -0.2) is 0 Å². The quantitative estimate of drug-likeness (QED) is 0.863. The summed E-state index contributed by atoms with van der Waals surface area (Å²) < 4.78 is 1.10. The van der Waals surface area contributed by atoms with E-state index < -0.39 is 0 Å². The van der Waals surface area contributed by atoms with E-state index in [1.165, 1.54) is 5.56 Å². The lowest BCUT2D eigenvalue weighted by Crippen LogP contribution is -2.22. The molecule has 0 unspecified atom stereocenters. The van der Waals surface area contributed by atoms with E-state index in [4.69, 9.17) is 5.11 Å². The van der Waals surface area contributed by atoms with E-state index >= 15 is 0 Å². The van der Waals surface area contributed by atoms with Crippen LogP contribution in [0.5, 0.6) is 0 Å². The molecule has 3 heteroatoms. The van der Waals surface area contributed by atoms with Gasteiger partial charge >= 0.3 is 0 Å². The van der Waals surface area contributed by atoms with E-state index in [2.05, 4.69) is 40.3 Å². The molecule has 0 radical (unpaired) electrons. The van der Waals surface area contributed by atoms with Crippen molar-refractivity contribution in [2.24, 2.45) is 0 Å². The summed E-state index contributed by atoms with van der Waals surface area (Å²) in [5.41, 5.74) is 1.27. The zero-order valence-corrected chi connectivity index (χ0v) is 10.8. The van der Waals surface area contributed by atoms with Crippen LogP contribution in [0.3, 0.4) is 0 Å². The molecule has 0 heterocycles. The van der Waals surface area contributed by atoms with E-state index in [-0.39, 0.29) is 6.10 Å². The van der Waals surface area contributed by atoms with Gasteiger partial charge in [-0.2, -0.15) is 0 Å². The Kier molecular flexibility index (Phi) is 5.29. The minimum atomic E-state index is -0.227. The van der Waals surface area contributed by atoms with Gasteiger partial charge in [0.25, 0.3) is 0 Å². The van der Waals surface area contributed by atoms with Gasteiger partial charge in [0.15, 0.2) is 0 Å². The maximum atomic E-state index is 9.13. The summed E-state index contributed by atoms with van der Waals surface area (Å²) in [7, 11) is 0. The van der Waals surface area contributed by atoms with Crippen molar-refractivity contribution < 1.29 is 5.11 Å². The second kappa shape index (κ2) is 6.26. The Bertz CT molecular complexity index is 284. The number of benzene rings is 1. The maximum Gasteiger partial charge on any atom is 0.0524 e. The first kappa shape index (κ1) is 12.7. The summed E-state index contributed by atoms with van der Waals surface area (Å²) in [6.45, 7) is 4.78. The van der Waals surface area contributed by atoms with Crippen LogP contribution in [0, 0.1) is 0 Å². The number of hydrogen-bond acceptors (Lipinski definition) is 2. The molecule has 0 aliphatic carbocycles. The molecule has 0 fully saturated rings. The van der Waals surface area contributed by atoms with Crippen LogP contribution in [-0.2, 0) is 0 Å². The zero-order chi connectivity index (χ0) is 11.3. The topological polar surface area (TPSA) is 32.3 Å². The number of nitrogens with one attached hydrogen (secondary N) is 1. The van der Waals surface area contributed by atoms with Crippen molar-refractivity contribution in [3.8, 4) is 0 Å². The molecule has 0 saturated carbocycles. The molecule has 1 aromatic carbocycles. The predicted molar refractivity (Wildman–Crippen MR) is 66.9 cm³/mol. The van der Waals surface area contributed by atoms with Crippen LogP contribution >= 0.6 is 15.9 Å². The van der Waals surface area contributed by atoms with Gasteiger partial charge in [0.05, 0.1) is 6.10 Å². The van der Waals surface area contributed by atoms with Gasteiger partial charge in [-0.05, 0) is 44.5 Å². The zero-order valence-electron chi connectivity index (χ0n) is 9.20. The average molecular weight is 272 g/mol. The molecule has 1 rings (SSSR count). The van der Waals surface area contributed by atoms with Gasteiger partial charge in [0, 0.05) is 10.5 Å². The average Bonchev–Trinajstić information content (AvgIpc) is 2.18. The highest BCUT2D eigenvalue weighted by Crippen LogP contribution is 2.16. The Hall–Kier alpha value is -0.380. The summed E-state index contributed by atoms with van der Waals surface area (Å²) in [4.78, 5) is 0. The molecule has 0 aliphatic rings. The fourth-order valence-electron chi connectivity index (χ4n) is 1.38. The molecule has 0 saturated heterocycles. The summed E-state index contributed by atoms with van der Waals surface area (Å²) in [6.07, 6.45) is 0.565. The first-order chi connectivity index (χ1) is 7.09. The SMILES string of the molecule is C[C@@H](O)CCN[C@H](C)c1ccc(Br)cc1. The summed E-state index contributed by atoms with van der Waals surface area (Å²) >= 11 is 3.41. The van der Waals surface area contributed by atoms with E-state index in [9.17, 15) is 0 Å². The highest BCUT2D eigenvalue weighted by Gasteiger charge is 2.04. The van der Waals surface area contributed by atoms with Crippen LogP contribution in [0.2, 0.25) is 0 Å². The summed E-state index contributed by atoms with van der Waals surface area (Å²) in [5.74, 6) is 0. The Labute approximate surface area is 99.8 Å². The lowest BCUT2D eigenvalue weighted by atomic mass is 10.1. The van der Waals surface area contributed by atoms with Gasteiger partial charge in [0.2, 0.25) is 0 Å². The van der Waals surface area contributed by atoms with Crippen LogP contribution in [0.15, 0.2) is 28.7 Å². The number of aliphatic hydroxyl groups excluding tert-OH is 1. The standard InChI is InChI=1S/C12H18BrNO/c1-9(15)7-8-14-10(2)11-3-5-12(13)6-4-11/h3-6,9-10,14-15H,7-8H2,1-2H3/t9-,10-/m1/s1. The van der Waals surface area contributed by atoms with Gasteiger partial charge in [-0.1, -0.05) is 28.1 Å². The third-order valence-electron chi connectivity index (χ3n) is 2.38. The molecular weight excluding hydrogens is 254 g/mol. The van der Waals surface area contributed by atoms with E-state index in [1.54, 1.807) is 0 Å². The lowest BCUT2D eigenvalue weighted by molar-refractivity contribution is 0.182. The van der Waals surface area contributed by atoms with Crippen LogP contribution in [0.4, 0.5) is 0 Å². The van der Waals surface area contributed by atoms with Crippen molar-refractivity contribution in [3.63, 3.8) is 0 Å². The molecule has 0 amide bonds. The van der Waals surface area contributed by atoms with Gasteiger partial charge in [0.1, 0.15) is 0 Å². The number of halogens is 1. The Morgan fingerprint density at radius 3 is 2.40 bits per heavy atom. The van der Waals surface area contributed by atoms with Crippen LogP contribution in [-0.4, -0.2) is 17.8 Å². The molecule has 1 aromatic rings. The van der Waals surface area contributed by atoms with Gasteiger partial charge in [-0.3, -0.25) is 0 Å². The van der Waals surface area contributed by atoms with Crippen molar-refractivity contribution >= 4 is 15.9 Å². The molecule has 2 N–H and O–H groups in total. The van der Waals surface area contributed by atoms with Crippen molar-refractivity contribution in [1.29, 1.82) is 0 Å². The second-order valence-electron chi connectivity index (χ2n) is 3.87. The molecule has 0 aromatic heterocycles. The summed E-state index contributed by atoms with van der Waals surface area (Å²) in [6, 6.07) is 8.62. The van der Waals surface area contributed by atoms with Crippen molar-refractivity contribution in [1.82, 2.24) is 5.32 Å². The first-order valence-electron chi connectivity index (χ1n) is 5.26. The minimum Gasteiger partial charge on any atom is -0.393 e. The number of aliphatic hydroxyl groups is 1. The van der Waals surface area contributed by atoms with Crippen molar-refractivity contribution in [3.05, 3.63) is 34.3 Å². The monoisotopic (exact) mass is 271 g/mol.